The molecule has 3 unspecified atom stereocenters. The second-order valence-corrected chi connectivity index (χ2v) is 5.54. The lowest BCUT2D eigenvalue weighted by Gasteiger charge is -2.28. The molecule has 0 aromatic rings. The lowest BCUT2D eigenvalue weighted by Crippen LogP contribution is -2.54. The second kappa shape index (κ2) is 6.02. The summed E-state index contributed by atoms with van der Waals surface area (Å²) in [6, 6.07) is 0. The van der Waals surface area contributed by atoms with Gasteiger partial charge in [-0.1, -0.05) is 13.8 Å². The van der Waals surface area contributed by atoms with Crippen molar-refractivity contribution in [2.75, 3.05) is 19.7 Å². The minimum atomic E-state index is -0.304. The highest BCUT2D eigenvalue weighted by Gasteiger charge is 2.39. The lowest BCUT2D eigenvalue weighted by molar-refractivity contribution is -0.127. The first-order valence-corrected chi connectivity index (χ1v) is 7.37. The number of carbonyl (C=O) groups excluding carboxylic acids is 1. The van der Waals surface area contributed by atoms with Gasteiger partial charge in [0.15, 0.2) is 0 Å². The molecule has 2 heterocycles. The van der Waals surface area contributed by atoms with Gasteiger partial charge in [0.2, 0.25) is 5.91 Å². The largest absolute Gasteiger partial charge is 0.378 e. The summed E-state index contributed by atoms with van der Waals surface area (Å²) < 4.78 is 5.66. The summed E-state index contributed by atoms with van der Waals surface area (Å²) in [5.41, 5.74) is -0.304. The zero-order valence-electron chi connectivity index (χ0n) is 11.6. The summed E-state index contributed by atoms with van der Waals surface area (Å²) in [7, 11) is 0. The van der Waals surface area contributed by atoms with E-state index in [1.807, 2.05) is 0 Å². The summed E-state index contributed by atoms with van der Waals surface area (Å²) in [4.78, 5) is 12.3. The molecule has 2 aliphatic heterocycles. The summed E-state index contributed by atoms with van der Waals surface area (Å²) in [6.45, 7) is 6.81. The molecule has 18 heavy (non-hydrogen) atoms. The van der Waals surface area contributed by atoms with Crippen molar-refractivity contribution in [2.45, 2.75) is 57.6 Å². The number of carbonyl (C=O) groups is 1. The van der Waals surface area contributed by atoms with Gasteiger partial charge in [-0.05, 0) is 38.6 Å². The van der Waals surface area contributed by atoms with Gasteiger partial charge in [0.05, 0.1) is 11.6 Å². The number of rotatable bonds is 5. The minimum absolute atomic E-state index is 0.184. The van der Waals surface area contributed by atoms with Crippen molar-refractivity contribution in [3.8, 4) is 0 Å². The summed E-state index contributed by atoms with van der Waals surface area (Å²) in [5.74, 6) is 0.679. The third-order valence-electron chi connectivity index (χ3n) is 4.56. The smallest absolute Gasteiger partial charge is 0.240 e. The fourth-order valence-electron chi connectivity index (χ4n) is 3.23. The Morgan fingerprint density at radius 3 is 2.94 bits per heavy atom. The molecule has 4 nitrogen and oxygen atoms in total. The SMILES string of the molecule is CCC1OCCC1CNC(=O)C1(CC)CCCN1. The maximum atomic E-state index is 12.3. The van der Waals surface area contributed by atoms with Crippen molar-refractivity contribution in [1.82, 2.24) is 10.6 Å². The molecule has 0 saturated carbocycles. The van der Waals surface area contributed by atoms with Gasteiger partial charge >= 0.3 is 0 Å². The van der Waals surface area contributed by atoms with Crippen molar-refractivity contribution >= 4 is 5.91 Å². The van der Waals surface area contributed by atoms with E-state index in [1.165, 1.54) is 0 Å². The van der Waals surface area contributed by atoms with Crippen molar-refractivity contribution < 1.29 is 9.53 Å². The van der Waals surface area contributed by atoms with Crippen molar-refractivity contribution in [3.63, 3.8) is 0 Å². The highest BCUT2D eigenvalue weighted by Crippen LogP contribution is 2.25. The molecule has 2 saturated heterocycles. The van der Waals surface area contributed by atoms with Crippen LogP contribution in [0.15, 0.2) is 0 Å². The molecule has 2 aliphatic rings. The molecular weight excluding hydrogens is 228 g/mol. The van der Waals surface area contributed by atoms with Gasteiger partial charge in [-0.15, -0.1) is 0 Å². The predicted molar refractivity (Wildman–Crippen MR) is 71.4 cm³/mol. The van der Waals surface area contributed by atoms with Gasteiger partial charge < -0.3 is 15.4 Å². The average molecular weight is 254 g/mol. The molecule has 0 aromatic carbocycles. The van der Waals surface area contributed by atoms with E-state index in [9.17, 15) is 4.79 Å². The van der Waals surface area contributed by atoms with Crippen LogP contribution in [0, 0.1) is 5.92 Å². The molecule has 0 radical (unpaired) electrons. The zero-order chi connectivity index (χ0) is 13.0. The molecule has 2 fully saturated rings. The molecule has 0 aliphatic carbocycles. The standard InChI is InChI=1S/C14H26N2O2/c1-3-12-11(6-9-18-12)10-15-13(17)14(4-2)7-5-8-16-14/h11-12,16H,3-10H2,1-2H3,(H,15,17). The first-order chi connectivity index (χ1) is 8.72. The Morgan fingerprint density at radius 1 is 1.50 bits per heavy atom. The highest BCUT2D eigenvalue weighted by atomic mass is 16.5. The maximum Gasteiger partial charge on any atom is 0.240 e. The number of ether oxygens (including phenoxy) is 1. The second-order valence-electron chi connectivity index (χ2n) is 5.54. The van der Waals surface area contributed by atoms with E-state index < -0.39 is 0 Å². The van der Waals surface area contributed by atoms with Gasteiger partial charge in [0.25, 0.3) is 0 Å². The topological polar surface area (TPSA) is 50.4 Å². The van der Waals surface area contributed by atoms with Crippen LogP contribution in [0.2, 0.25) is 0 Å². The lowest BCUT2D eigenvalue weighted by atomic mass is 9.92. The van der Waals surface area contributed by atoms with Gasteiger partial charge in [-0.2, -0.15) is 0 Å². The maximum absolute atomic E-state index is 12.3. The quantitative estimate of drug-likeness (QED) is 0.781. The van der Waals surface area contributed by atoms with Crippen LogP contribution in [0.5, 0.6) is 0 Å². The van der Waals surface area contributed by atoms with Crippen LogP contribution in [-0.4, -0.2) is 37.2 Å². The molecule has 0 bridgehead atoms. The Hall–Kier alpha value is -0.610. The van der Waals surface area contributed by atoms with Crippen LogP contribution < -0.4 is 10.6 Å². The van der Waals surface area contributed by atoms with Gasteiger partial charge in [0, 0.05) is 19.1 Å². The van der Waals surface area contributed by atoms with Gasteiger partial charge in [0.1, 0.15) is 0 Å². The fourth-order valence-corrected chi connectivity index (χ4v) is 3.23. The first kappa shape index (κ1) is 13.8. The Kier molecular flexibility index (Phi) is 4.62. The van der Waals surface area contributed by atoms with E-state index in [-0.39, 0.29) is 11.4 Å². The molecule has 0 aromatic heterocycles. The van der Waals surface area contributed by atoms with Crippen molar-refractivity contribution in [2.24, 2.45) is 5.92 Å². The third-order valence-corrected chi connectivity index (χ3v) is 4.56. The molecule has 0 spiro atoms. The summed E-state index contributed by atoms with van der Waals surface area (Å²) >= 11 is 0. The van der Waals surface area contributed by atoms with Crippen LogP contribution in [0.3, 0.4) is 0 Å². The molecule has 1 amide bonds. The number of hydrogen-bond donors (Lipinski definition) is 2. The summed E-state index contributed by atoms with van der Waals surface area (Å²) in [6.07, 6.45) is 5.39. The zero-order valence-corrected chi connectivity index (χ0v) is 11.6. The molecule has 2 N–H and O–H groups in total. The van der Waals surface area contributed by atoms with Crippen LogP contribution >= 0.6 is 0 Å². The Morgan fingerprint density at radius 2 is 2.33 bits per heavy atom. The van der Waals surface area contributed by atoms with E-state index in [4.69, 9.17) is 4.74 Å². The van der Waals surface area contributed by atoms with E-state index >= 15 is 0 Å². The molecule has 2 rings (SSSR count). The minimum Gasteiger partial charge on any atom is -0.378 e. The molecule has 3 atom stereocenters. The highest BCUT2D eigenvalue weighted by molar-refractivity contribution is 5.86. The van der Waals surface area contributed by atoms with Crippen molar-refractivity contribution in [3.05, 3.63) is 0 Å². The van der Waals surface area contributed by atoms with Crippen LogP contribution in [-0.2, 0) is 9.53 Å². The summed E-state index contributed by atoms with van der Waals surface area (Å²) in [5, 5.41) is 6.52. The monoisotopic (exact) mass is 254 g/mol. The predicted octanol–water partition coefficient (Wildman–Crippen LogP) is 1.45. The van der Waals surface area contributed by atoms with Crippen LogP contribution in [0.1, 0.15) is 46.0 Å². The third kappa shape index (κ3) is 2.69. The van der Waals surface area contributed by atoms with Crippen molar-refractivity contribution in [1.29, 1.82) is 0 Å². The van der Waals surface area contributed by atoms with Gasteiger partial charge in [-0.25, -0.2) is 0 Å². The number of hydrogen-bond acceptors (Lipinski definition) is 3. The molecule has 104 valence electrons. The molecular formula is C14H26N2O2. The number of amides is 1. The van der Waals surface area contributed by atoms with E-state index in [2.05, 4.69) is 24.5 Å². The van der Waals surface area contributed by atoms with E-state index in [1.54, 1.807) is 0 Å². The first-order valence-electron chi connectivity index (χ1n) is 7.37. The Balaban J connectivity index is 1.84. The van der Waals surface area contributed by atoms with E-state index in [0.29, 0.717) is 12.0 Å². The van der Waals surface area contributed by atoms with Crippen LogP contribution in [0.4, 0.5) is 0 Å². The Labute approximate surface area is 110 Å². The Bertz CT molecular complexity index is 288. The normalized spacial score (nSPS) is 35.9. The van der Waals surface area contributed by atoms with Crippen LogP contribution in [0.25, 0.3) is 0 Å². The van der Waals surface area contributed by atoms with E-state index in [0.717, 1.165) is 51.8 Å². The van der Waals surface area contributed by atoms with Gasteiger partial charge in [-0.3, -0.25) is 4.79 Å². The molecule has 4 heteroatoms. The average Bonchev–Trinajstić information content (AvgIpc) is 3.05. The number of nitrogens with one attached hydrogen (secondary N) is 2. The fraction of sp³-hybridized carbons (Fsp3) is 0.929.